The number of hydroxylamine groups is 1. The van der Waals surface area contributed by atoms with Crippen LogP contribution in [0.2, 0.25) is 5.02 Å². The van der Waals surface area contributed by atoms with Crippen LogP contribution >= 0.6 is 11.6 Å². The third kappa shape index (κ3) is 2.90. The van der Waals surface area contributed by atoms with Gasteiger partial charge in [-0.25, -0.2) is 9.96 Å². The van der Waals surface area contributed by atoms with Crippen LogP contribution in [0.15, 0.2) is 78.9 Å². The van der Waals surface area contributed by atoms with Crippen molar-refractivity contribution in [3.05, 3.63) is 95.0 Å². The maximum absolute atomic E-state index is 13.5. The van der Waals surface area contributed by atoms with Crippen molar-refractivity contribution >= 4 is 34.8 Å². The molecule has 2 saturated heterocycles. The van der Waals surface area contributed by atoms with Gasteiger partial charge in [-0.1, -0.05) is 65.7 Å². The van der Waals surface area contributed by atoms with E-state index < -0.39 is 18.1 Å². The molecule has 6 heteroatoms. The van der Waals surface area contributed by atoms with Crippen LogP contribution in [-0.2, 0) is 14.4 Å². The topological polar surface area (TPSA) is 49.9 Å². The van der Waals surface area contributed by atoms with Crippen LogP contribution in [0.5, 0.6) is 0 Å². The molecule has 30 heavy (non-hydrogen) atoms. The number of aryl methyl sites for hydroxylation is 1. The number of carbonyl (C=O) groups is 2. The lowest BCUT2D eigenvalue weighted by atomic mass is 9.90. The second kappa shape index (κ2) is 7.27. The molecule has 0 saturated carbocycles. The molecule has 2 fully saturated rings. The van der Waals surface area contributed by atoms with Gasteiger partial charge in [0.05, 0.1) is 17.4 Å². The van der Waals surface area contributed by atoms with E-state index in [1.54, 1.807) is 23.3 Å². The van der Waals surface area contributed by atoms with Crippen molar-refractivity contribution in [3.63, 3.8) is 0 Å². The molecule has 3 atom stereocenters. The van der Waals surface area contributed by atoms with E-state index in [0.717, 1.165) is 16.8 Å². The monoisotopic (exact) mass is 418 g/mol. The van der Waals surface area contributed by atoms with Gasteiger partial charge < -0.3 is 0 Å². The fourth-order valence-corrected chi connectivity index (χ4v) is 4.44. The summed E-state index contributed by atoms with van der Waals surface area (Å²) in [6, 6.07) is 23.6. The Morgan fingerprint density at radius 3 is 2.17 bits per heavy atom. The lowest BCUT2D eigenvalue weighted by Crippen LogP contribution is -2.37. The molecule has 5 nitrogen and oxygen atoms in total. The largest absolute Gasteiger partial charge is 0.273 e. The maximum atomic E-state index is 13.5. The molecule has 0 radical (unpaired) electrons. The molecule has 0 unspecified atom stereocenters. The third-order valence-corrected chi connectivity index (χ3v) is 5.99. The summed E-state index contributed by atoms with van der Waals surface area (Å²) in [6.07, 6.45) is -0.903. The van der Waals surface area contributed by atoms with Gasteiger partial charge in [-0.05, 0) is 42.8 Å². The van der Waals surface area contributed by atoms with Crippen molar-refractivity contribution in [2.45, 2.75) is 19.1 Å². The van der Waals surface area contributed by atoms with Crippen molar-refractivity contribution in [2.24, 2.45) is 5.92 Å². The fraction of sp³-hybridized carbons (Fsp3) is 0.167. The summed E-state index contributed by atoms with van der Waals surface area (Å²) < 4.78 is 0. The van der Waals surface area contributed by atoms with E-state index in [1.807, 2.05) is 67.6 Å². The molecule has 3 aromatic rings. The second-order valence-corrected chi connectivity index (χ2v) is 7.93. The van der Waals surface area contributed by atoms with Crippen LogP contribution in [0.1, 0.15) is 17.2 Å². The van der Waals surface area contributed by atoms with E-state index in [0.29, 0.717) is 10.7 Å². The summed E-state index contributed by atoms with van der Waals surface area (Å²) in [5.41, 5.74) is 3.12. The lowest BCUT2D eigenvalue weighted by molar-refractivity contribution is -0.126. The lowest BCUT2D eigenvalue weighted by Gasteiger charge is -2.29. The van der Waals surface area contributed by atoms with E-state index in [4.69, 9.17) is 16.4 Å². The first-order valence-electron chi connectivity index (χ1n) is 9.76. The third-order valence-electron chi connectivity index (χ3n) is 5.64. The first-order valence-corrected chi connectivity index (χ1v) is 10.1. The summed E-state index contributed by atoms with van der Waals surface area (Å²) >= 11 is 6.51. The second-order valence-electron chi connectivity index (χ2n) is 7.53. The first-order chi connectivity index (χ1) is 14.6. The number of imide groups is 1. The molecule has 2 heterocycles. The molecule has 2 aliphatic rings. The Morgan fingerprint density at radius 1 is 0.800 bits per heavy atom. The average Bonchev–Trinajstić information content (AvgIpc) is 3.26. The summed E-state index contributed by atoms with van der Waals surface area (Å²) in [5.74, 6) is -1.33. The number of fused-ring (bicyclic) bond motifs is 1. The number of anilines is 2. The Labute approximate surface area is 179 Å². The Bertz CT molecular complexity index is 1120. The Kier molecular flexibility index (Phi) is 4.57. The average molecular weight is 419 g/mol. The van der Waals surface area contributed by atoms with Gasteiger partial charge in [0.25, 0.3) is 5.91 Å². The molecule has 150 valence electrons. The van der Waals surface area contributed by atoms with Crippen molar-refractivity contribution in [2.75, 3.05) is 9.96 Å². The smallest absolute Gasteiger partial charge is 0.266 e. The van der Waals surface area contributed by atoms with Gasteiger partial charge in [0.15, 0.2) is 6.10 Å². The van der Waals surface area contributed by atoms with E-state index in [9.17, 15) is 9.59 Å². The van der Waals surface area contributed by atoms with Gasteiger partial charge in [-0.3, -0.25) is 14.4 Å². The minimum atomic E-state index is -0.903. The van der Waals surface area contributed by atoms with Gasteiger partial charge in [-0.15, -0.1) is 0 Å². The number of amides is 2. The molecular formula is C24H19ClN2O3. The molecule has 0 aliphatic carbocycles. The predicted molar refractivity (Wildman–Crippen MR) is 115 cm³/mol. The number of para-hydroxylation sites is 1. The minimum Gasteiger partial charge on any atom is -0.273 e. The summed E-state index contributed by atoms with van der Waals surface area (Å²) in [7, 11) is 0. The molecule has 0 spiro atoms. The minimum absolute atomic E-state index is 0.280. The normalized spacial score (nSPS) is 23.2. The molecule has 5 rings (SSSR count). The molecule has 3 aromatic carbocycles. The summed E-state index contributed by atoms with van der Waals surface area (Å²) in [4.78, 5) is 34.1. The standard InChI is InChI=1S/C24H19ClN2O3/c1-15-11-13-16(14-12-15)26-23(28)20-21(18-9-5-6-10-19(18)25)27(30-22(20)24(26)29)17-7-3-2-4-8-17/h2-14,20-22H,1H3/t20-,21-,22-/m1/s1. The molecule has 2 aliphatic heterocycles. The van der Waals surface area contributed by atoms with E-state index in [2.05, 4.69) is 0 Å². The summed E-state index contributed by atoms with van der Waals surface area (Å²) in [6.45, 7) is 1.96. The number of hydrogen-bond donors (Lipinski definition) is 0. The van der Waals surface area contributed by atoms with Crippen LogP contribution in [0.25, 0.3) is 0 Å². The van der Waals surface area contributed by atoms with Gasteiger partial charge in [0, 0.05) is 5.02 Å². The first kappa shape index (κ1) is 18.9. The van der Waals surface area contributed by atoms with Crippen LogP contribution in [0.4, 0.5) is 11.4 Å². The quantitative estimate of drug-likeness (QED) is 0.578. The number of rotatable bonds is 3. The molecule has 0 bridgehead atoms. The highest BCUT2D eigenvalue weighted by molar-refractivity contribution is 6.31. The van der Waals surface area contributed by atoms with Crippen molar-refractivity contribution in [1.29, 1.82) is 0 Å². The Hall–Kier alpha value is -3.15. The van der Waals surface area contributed by atoms with Crippen LogP contribution in [-0.4, -0.2) is 17.9 Å². The number of hydrogen-bond acceptors (Lipinski definition) is 4. The number of benzene rings is 3. The highest BCUT2D eigenvalue weighted by Gasteiger charge is 2.60. The highest BCUT2D eigenvalue weighted by atomic mass is 35.5. The zero-order valence-corrected chi connectivity index (χ0v) is 17.0. The van der Waals surface area contributed by atoms with Gasteiger partial charge in [-0.2, -0.15) is 0 Å². The molecular weight excluding hydrogens is 400 g/mol. The predicted octanol–water partition coefficient (Wildman–Crippen LogP) is 4.70. The van der Waals surface area contributed by atoms with Gasteiger partial charge in [0.1, 0.15) is 5.92 Å². The van der Waals surface area contributed by atoms with E-state index in [-0.39, 0.29) is 11.8 Å². The van der Waals surface area contributed by atoms with Crippen molar-refractivity contribution in [1.82, 2.24) is 0 Å². The number of halogens is 1. The summed E-state index contributed by atoms with van der Waals surface area (Å²) in [5, 5.41) is 2.18. The zero-order chi connectivity index (χ0) is 20.8. The van der Waals surface area contributed by atoms with Crippen LogP contribution in [0.3, 0.4) is 0 Å². The van der Waals surface area contributed by atoms with Gasteiger partial charge >= 0.3 is 0 Å². The molecule has 0 N–H and O–H groups in total. The Morgan fingerprint density at radius 2 is 1.47 bits per heavy atom. The van der Waals surface area contributed by atoms with Crippen molar-refractivity contribution in [3.8, 4) is 0 Å². The van der Waals surface area contributed by atoms with Crippen molar-refractivity contribution < 1.29 is 14.4 Å². The number of nitrogens with zero attached hydrogens (tertiary/aromatic N) is 2. The van der Waals surface area contributed by atoms with Gasteiger partial charge in [0.2, 0.25) is 5.91 Å². The molecule has 2 amide bonds. The maximum Gasteiger partial charge on any atom is 0.266 e. The van der Waals surface area contributed by atoms with Crippen LogP contribution in [0, 0.1) is 12.8 Å². The highest BCUT2D eigenvalue weighted by Crippen LogP contribution is 2.48. The van der Waals surface area contributed by atoms with Crippen LogP contribution < -0.4 is 9.96 Å². The number of carbonyl (C=O) groups excluding carboxylic acids is 2. The molecule has 0 aromatic heterocycles. The van der Waals surface area contributed by atoms with E-state index >= 15 is 0 Å². The van der Waals surface area contributed by atoms with E-state index in [1.165, 1.54) is 4.90 Å². The Balaban J connectivity index is 1.60. The fourth-order valence-electron chi connectivity index (χ4n) is 4.19. The SMILES string of the molecule is Cc1ccc(N2C(=O)[C@@H]3[C@@H](c4ccccc4Cl)N(c4ccccc4)O[C@H]3C2=O)cc1. The zero-order valence-electron chi connectivity index (χ0n) is 16.2.